The minimum Gasteiger partial charge on any atom is 2.00 e. The van der Waals surface area contributed by atoms with Gasteiger partial charge >= 0.3 is 86.2 Å². The molecule has 0 saturated heterocycles. The smallest absolute Gasteiger partial charge is 2.00 e. The molecule has 4 heavy (non-hydrogen) atoms. The van der Waals surface area contributed by atoms with Crippen molar-refractivity contribution in [2.45, 2.75) is 0 Å². The average molecular weight is 608 g/mol. The maximum absolute atomic E-state index is 0. The van der Waals surface area contributed by atoms with E-state index in [9.17, 15) is 0 Å². The molecule has 0 bridgehead atoms. The second-order valence-corrected chi connectivity index (χ2v) is 0. The van der Waals surface area contributed by atoms with Gasteiger partial charge in [0.2, 0.25) is 0 Å². The quantitative estimate of drug-likeness (QED) is 0.340. The standard InChI is InChI=1S/Pt.Ta.Ti.W/q4*+2. The third-order valence-electron chi connectivity index (χ3n) is 0. The molecule has 1 radical (unpaired) electrons. The second-order valence-electron chi connectivity index (χ2n) is 0. The molecule has 0 heterocycles. The summed E-state index contributed by atoms with van der Waals surface area (Å²) in [6.07, 6.45) is 0. The normalized spacial score (nSPS) is 0. The van der Waals surface area contributed by atoms with Crippen LogP contribution in [0.25, 0.3) is 0 Å². The van der Waals surface area contributed by atoms with Crippen molar-refractivity contribution in [2.24, 2.45) is 0 Å². The van der Waals surface area contributed by atoms with Gasteiger partial charge in [0, 0.05) is 0 Å². The Balaban J connectivity index is 0. The molecule has 0 fully saturated rings. The van der Waals surface area contributed by atoms with Gasteiger partial charge in [-0.3, -0.25) is 0 Å². The number of hydrogen-bond acceptors (Lipinski definition) is 0. The van der Waals surface area contributed by atoms with E-state index in [-0.39, 0.29) is 86.2 Å². The SMILES string of the molecule is [Pt+2].[Ta+2].[Ti+2].[W+2]. The van der Waals surface area contributed by atoms with E-state index in [0.29, 0.717) is 0 Å². The van der Waals surface area contributed by atoms with Crippen molar-refractivity contribution in [3.8, 4) is 0 Å². The number of rotatable bonds is 0. The molecule has 4 heteroatoms. The van der Waals surface area contributed by atoms with Crippen molar-refractivity contribution in [3.63, 3.8) is 0 Å². The molecule has 17 valence electrons. The van der Waals surface area contributed by atoms with Crippen LogP contribution in [0.15, 0.2) is 0 Å². The third kappa shape index (κ3) is 8.85. The summed E-state index contributed by atoms with van der Waals surface area (Å²) in [5.74, 6) is 0. The van der Waals surface area contributed by atoms with Crippen LogP contribution in [-0.4, -0.2) is 0 Å². The zero-order chi connectivity index (χ0) is 0. The van der Waals surface area contributed by atoms with Crippen molar-refractivity contribution in [1.29, 1.82) is 0 Å². The van der Waals surface area contributed by atoms with Gasteiger partial charge < -0.3 is 0 Å². The fourth-order valence-corrected chi connectivity index (χ4v) is 0. The van der Waals surface area contributed by atoms with E-state index in [4.69, 9.17) is 0 Å². The zero-order valence-electron chi connectivity index (χ0n) is 1.67. The molecule has 0 aromatic rings. The average Bonchev–Trinajstić information content (AvgIpc) is 0. The minimum atomic E-state index is 0. The van der Waals surface area contributed by atoms with E-state index in [0.717, 1.165) is 0 Å². The Morgan fingerprint density at radius 3 is 1.00 bits per heavy atom. The Hall–Kier alpha value is 2.83. The van der Waals surface area contributed by atoms with Gasteiger partial charge in [-0.1, -0.05) is 0 Å². The Morgan fingerprint density at radius 1 is 1.00 bits per heavy atom. The Morgan fingerprint density at radius 2 is 1.00 bits per heavy atom. The van der Waals surface area contributed by atoms with Crippen LogP contribution in [0, 0.1) is 0 Å². The summed E-state index contributed by atoms with van der Waals surface area (Å²) >= 11 is 0. The predicted octanol–water partition coefficient (Wildman–Crippen LogP) is -0.0100. The summed E-state index contributed by atoms with van der Waals surface area (Å²) in [6.45, 7) is 0. The van der Waals surface area contributed by atoms with Crippen molar-refractivity contribution < 1.29 is 86.2 Å². The predicted molar refractivity (Wildman–Crippen MR) is 0 cm³/mol. The van der Waals surface area contributed by atoms with Crippen molar-refractivity contribution >= 4 is 0 Å². The van der Waals surface area contributed by atoms with Crippen LogP contribution >= 0.6 is 0 Å². The molecule has 0 unspecified atom stereocenters. The molecule has 0 aromatic carbocycles. The van der Waals surface area contributed by atoms with Gasteiger partial charge in [0.1, 0.15) is 0 Å². The first-order valence-electron chi connectivity index (χ1n) is 0. The van der Waals surface area contributed by atoms with E-state index < -0.39 is 0 Å². The first-order chi connectivity index (χ1) is 0. The van der Waals surface area contributed by atoms with Crippen LogP contribution in [0.5, 0.6) is 0 Å². The summed E-state index contributed by atoms with van der Waals surface area (Å²) in [7, 11) is 0. The zero-order valence-corrected chi connectivity index (χ0v) is 11.7. The topological polar surface area (TPSA) is 0 Å². The van der Waals surface area contributed by atoms with Crippen molar-refractivity contribution in [3.05, 3.63) is 0 Å². The van der Waals surface area contributed by atoms with E-state index in [1.54, 1.807) is 0 Å². The van der Waals surface area contributed by atoms with Gasteiger partial charge in [0.25, 0.3) is 0 Å². The molecule has 0 aliphatic carbocycles. The van der Waals surface area contributed by atoms with Crippen LogP contribution in [0.3, 0.4) is 0 Å². The molecule has 0 rings (SSSR count). The van der Waals surface area contributed by atoms with Gasteiger partial charge in [-0.25, -0.2) is 0 Å². The number of hydrogen-bond donors (Lipinski definition) is 0. The second kappa shape index (κ2) is 17.0. The molecule has 0 aromatic heterocycles. The fraction of sp³-hybridized carbons (Fsp3) is 0. The summed E-state index contributed by atoms with van der Waals surface area (Å²) in [6, 6.07) is 0. The van der Waals surface area contributed by atoms with Crippen LogP contribution in [0.1, 0.15) is 0 Å². The molecule has 0 N–H and O–H groups in total. The largest absolute Gasteiger partial charge is 2.00 e. The molecular formula is PtTaTiW+8. The molecule has 0 nitrogen and oxygen atoms in total. The summed E-state index contributed by atoms with van der Waals surface area (Å²) in [5, 5.41) is 0. The summed E-state index contributed by atoms with van der Waals surface area (Å²) < 4.78 is 0. The fourth-order valence-electron chi connectivity index (χ4n) is 0. The maximum Gasteiger partial charge on any atom is 2.00 e. The van der Waals surface area contributed by atoms with Crippen molar-refractivity contribution in [1.82, 2.24) is 0 Å². The maximum atomic E-state index is 0. The Bertz CT molecular complexity index is 8.00. The Labute approximate surface area is 84.8 Å². The molecule has 0 amide bonds. The van der Waals surface area contributed by atoms with E-state index in [1.165, 1.54) is 0 Å². The minimum absolute atomic E-state index is 0. The van der Waals surface area contributed by atoms with E-state index in [1.807, 2.05) is 0 Å². The first kappa shape index (κ1) is 29.0. The first-order valence-corrected chi connectivity index (χ1v) is 0. The van der Waals surface area contributed by atoms with E-state index in [2.05, 4.69) is 0 Å². The molecule has 0 atom stereocenters. The molecular weight excluding hydrogens is 608 g/mol. The molecule has 0 spiro atoms. The monoisotopic (exact) mass is 608 g/mol. The van der Waals surface area contributed by atoms with Gasteiger partial charge in [0.05, 0.1) is 0 Å². The molecule has 0 aliphatic rings. The third-order valence-corrected chi connectivity index (χ3v) is 0. The van der Waals surface area contributed by atoms with Crippen LogP contribution in [-0.2, 0) is 86.2 Å². The van der Waals surface area contributed by atoms with Gasteiger partial charge in [-0.2, -0.15) is 0 Å². The van der Waals surface area contributed by atoms with Crippen LogP contribution in [0.2, 0.25) is 0 Å². The van der Waals surface area contributed by atoms with Gasteiger partial charge in [0.15, 0.2) is 0 Å². The molecule has 0 aliphatic heterocycles. The van der Waals surface area contributed by atoms with E-state index >= 15 is 0 Å². The summed E-state index contributed by atoms with van der Waals surface area (Å²) in [4.78, 5) is 0. The van der Waals surface area contributed by atoms with Crippen molar-refractivity contribution in [2.75, 3.05) is 0 Å². The van der Waals surface area contributed by atoms with Gasteiger partial charge in [-0.15, -0.1) is 0 Å². The Kier molecular flexibility index (Phi) is 123. The van der Waals surface area contributed by atoms with Crippen LogP contribution in [0.4, 0.5) is 0 Å². The molecule has 0 saturated carbocycles. The van der Waals surface area contributed by atoms with Gasteiger partial charge in [-0.05, 0) is 0 Å². The summed E-state index contributed by atoms with van der Waals surface area (Å²) in [5.41, 5.74) is 0. The van der Waals surface area contributed by atoms with Crippen LogP contribution < -0.4 is 0 Å².